The van der Waals surface area contributed by atoms with Gasteiger partial charge in [0.25, 0.3) is 0 Å². The van der Waals surface area contributed by atoms with E-state index in [2.05, 4.69) is 0 Å². The monoisotopic (exact) mass is 413 g/mol. The van der Waals surface area contributed by atoms with Crippen molar-refractivity contribution >= 4 is 10.8 Å². The molecule has 0 radical (unpaired) electrons. The molecular formula is C23H24FNO5. The molecular weight excluding hydrogens is 389 g/mol. The Labute approximate surface area is 173 Å². The summed E-state index contributed by atoms with van der Waals surface area (Å²) < 4.78 is 24.8. The molecule has 3 aromatic rings. The fourth-order valence-corrected chi connectivity index (χ4v) is 3.81. The van der Waals surface area contributed by atoms with Gasteiger partial charge in [0.2, 0.25) is 5.88 Å². The predicted octanol–water partition coefficient (Wildman–Crippen LogP) is 3.37. The fourth-order valence-electron chi connectivity index (χ4n) is 3.81. The molecule has 2 heterocycles. The van der Waals surface area contributed by atoms with Gasteiger partial charge in [-0.15, -0.1) is 0 Å². The van der Waals surface area contributed by atoms with E-state index in [1.807, 2.05) is 0 Å². The minimum atomic E-state index is -1.04. The maximum absolute atomic E-state index is 13.6. The van der Waals surface area contributed by atoms with Crippen LogP contribution in [0, 0.1) is 5.82 Å². The predicted molar refractivity (Wildman–Crippen MR) is 110 cm³/mol. The molecule has 0 amide bonds. The average Bonchev–Trinajstić information content (AvgIpc) is 2.78. The number of hydrogen-bond acceptors (Lipinski definition) is 6. The normalized spacial score (nSPS) is 16.0. The Morgan fingerprint density at radius 1 is 1.10 bits per heavy atom. The number of fused-ring (bicyclic) bond motifs is 1. The highest BCUT2D eigenvalue weighted by Crippen LogP contribution is 2.42. The van der Waals surface area contributed by atoms with Crippen molar-refractivity contribution in [1.29, 1.82) is 0 Å². The largest absolute Gasteiger partial charge is 0.508 e. The second-order valence-corrected chi connectivity index (χ2v) is 7.45. The minimum Gasteiger partial charge on any atom is -0.508 e. The summed E-state index contributed by atoms with van der Waals surface area (Å²) in [6.45, 7) is 0.700. The highest BCUT2D eigenvalue weighted by Gasteiger charge is 2.25. The van der Waals surface area contributed by atoms with Gasteiger partial charge in [-0.2, -0.15) is 0 Å². The van der Waals surface area contributed by atoms with E-state index in [1.165, 1.54) is 12.1 Å². The van der Waals surface area contributed by atoms with Gasteiger partial charge in [-0.1, -0.05) is 12.1 Å². The molecule has 0 unspecified atom stereocenters. The van der Waals surface area contributed by atoms with Gasteiger partial charge in [0.15, 0.2) is 0 Å². The Morgan fingerprint density at radius 3 is 2.53 bits per heavy atom. The molecule has 158 valence electrons. The van der Waals surface area contributed by atoms with Crippen molar-refractivity contribution in [3.05, 3.63) is 54.0 Å². The van der Waals surface area contributed by atoms with Crippen LogP contribution >= 0.6 is 0 Å². The SMILES string of the molecule is OC[C@H](O)COc1nc(C2CCOCC2)c(-c2ccc(F)cc2)c2ccc(O)cc12. The van der Waals surface area contributed by atoms with E-state index >= 15 is 0 Å². The summed E-state index contributed by atoms with van der Waals surface area (Å²) in [4.78, 5) is 4.80. The second kappa shape index (κ2) is 8.95. The van der Waals surface area contributed by atoms with Crippen LogP contribution < -0.4 is 4.74 Å². The molecule has 1 saturated heterocycles. The first-order valence-corrected chi connectivity index (χ1v) is 9.99. The van der Waals surface area contributed by atoms with E-state index in [-0.39, 0.29) is 30.0 Å². The number of benzene rings is 2. The third-order valence-electron chi connectivity index (χ3n) is 5.35. The van der Waals surface area contributed by atoms with Crippen molar-refractivity contribution in [2.45, 2.75) is 24.9 Å². The number of ether oxygens (including phenoxy) is 2. The van der Waals surface area contributed by atoms with E-state index in [0.29, 0.717) is 18.6 Å². The van der Waals surface area contributed by atoms with Gasteiger partial charge >= 0.3 is 0 Å². The van der Waals surface area contributed by atoms with Crippen LogP contribution in [0.5, 0.6) is 11.6 Å². The van der Waals surface area contributed by atoms with Crippen LogP contribution in [0.15, 0.2) is 42.5 Å². The molecule has 6 nitrogen and oxygen atoms in total. The average molecular weight is 413 g/mol. The lowest BCUT2D eigenvalue weighted by Gasteiger charge is -2.26. The summed E-state index contributed by atoms with van der Waals surface area (Å²) in [5, 5.41) is 30.3. The van der Waals surface area contributed by atoms with E-state index < -0.39 is 12.7 Å². The van der Waals surface area contributed by atoms with Gasteiger partial charge in [0, 0.05) is 30.1 Å². The van der Waals surface area contributed by atoms with Crippen molar-refractivity contribution in [1.82, 2.24) is 4.98 Å². The van der Waals surface area contributed by atoms with Gasteiger partial charge in [0.05, 0.1) is 12.3 Å². The maximum Gasteiger partial charge on any atom is 0.221 e. The molecule has 0 aliphatic carbocycles. The molecule has 30 heavy (non-hydrogen) atoms. The summed E-state index contributed by atoms with van der Waals surface area (Å²) >= 11 is 0. The number of phenolic OH excluding ortho intramolecular Hbond substituents is 1. The van der Waals surface area contributed by atoms with Crippen LogP contribution in [0.2, 0.25) is 0 Å². The molecule has 2 aromatic carbocycles. The number of aromatic hydroxyl groups is 1. The van der Waals surface area contributed by atoms with Crippen LogP contribution in [0.4, 0.5) is 4.39 Å². The first kappa shape index (κ1) is 20.5. The van der Waals surface area contributed by atoms with Gasteiger partial charge in [-0.25, -0.2) is 9.37 Å². The molecule has 7 heteroatoms. The Morgan fingerprint density at radius 2 is 1.83 bits per heavy atom. The Hall–Kier alpha value is -2.74. The molecule has 1 aliphatic rings. The molecule has 1 atom stereocenters. The Bertz CT molecular complexity index is 1020. The van der Waals surface area contributed by atoms with Gasteiger partial charge in [-0.3, -0.25) is 0 Å². The van der Waals surface area contributed by atoms with Crippen LogP contribution in [0.25, 0.3) is 21.9 Å². The van der Waals surface area contributed by atoms with Gasteiger partial charge in [0.1, 0.15) is 24.3 Å². The highest BCUT2D eigenvalue weighted by molar-refractivity contribution is 6.01. The van der Waals surface area contributed by atoms with Crippen molar-refractivity contribution in [2.75, 3.05) is 26.4 Å². The molecule has 1 aliphatic heterocycles. The molecule has 0 bridgehead atoms. The summed E-state index contributed by atoms with van der Waals surface area (Å²) in [6, 6.07) is 11.2. The zero-order valence-corrected chi connectivity index (χ0v) is 16.4. The van der Waals surface area contributed by atoms with Gasteiger partial charge in [-0.05, 0) is 54.1 Å². The molecule has 0 spiro atoms. The molecule has 1 aromatic heterocycles. The van der Waals surface area contributed by atoms with Gasteiger partial charge < -0.3 is 24.8 Å². The molecule has 4 rings (SSSR count). The smallest absolute Gasteiger partial charge is 0.221 e. The van der Waals surface area contributed by atoms with Crippen molar-refractivity contribution in [3.63, 3.8) is 0 Å². The Kier molecular flexibility index (Phi) is 6.13. The number of halogens is 1. The lowest BCUT2D eigenvalue weighted by atomic mass is 9.87. The van der Waals surface area contributed by atoms with E-state index in [4.69, 9.17) is 19.6 Å². The van der Waals surface area contributed by atoms with E-state index in [0.717, 1.165) is 35.0 Å². The number of aliphatic hydroxyl groups excluding tert-OH is 2. The highest BCUT2D eigenvalue weighted by atomic mass is 19.1. The first-order chi connectivity index (χ1) is 14.6. The van der Waals surface area contributed by atoms with Crippen molar-refractivity contribution < 1.29 is 29.2 Å². The second-order valence-electron chi connectivity index (χ2n) is 7.45. The van der Waals surface area contributed by atoms with E-state index in [1.54, 1.807) is 30.3 Å². The molecule has 1 fully saturated rings. The van der Waals surface area contributed by atoms with Crippen molar-refractivity contribution in [2.24, 2.45) is 0 Å². The van der Waals surface area contributed by atoms with Crippen molar-refractivity contribution in [3.8, 4) is 22.8 Å². The first-order valence-electron chi connectivity index (χ1n) is 9.99. The van der Waals surface area contributed by atoms with Crippen LogP contribution in [0.1, 0.15) is 24.5 Å². The number of phenols is 1. The lowest BCUT2D eigenvalue weighted by Crippen LogP contribution is -2.22. The van der Waals surface area contributed by atoms with Crippen LogP contribution in [-0.2, 0) is 4.74 Å². The number of hydrogen-bond donors (Lipinski definition) is 3. The number of nitrogens with zero attached hydrogens (tertiary/aromatic N) is 1. The molecule has 0 saturated carbocycles. The summed E-state index contributed by atoms with van der Waals surface area (Å²) in [5.41, 5.74) is 2.51. The third kappa shape index (κ3) is 4.23. The number of rotatable bonds is 6. The van der Waals surface area contributed by atoms with Crippen LogP contribution in [0.3, 0.4) is 0 Å². The maximum atomic E-state index is 13.6. The lowest BCUT2D eigenvalue weighted by molar-refractivity contribution is 0.0524. The quantitative estimate of drug-likeness (QED) is 0.574. The third-order valence-corrected chi connectivity index (χ3v) is 5.35. The minimum absolute atomic E-state index is 0.0562. The number of aromatic nitrogens is 1. The molecule has 3 N–H and O–H groups in total. The summed E-state index contributed by atoms with van der Waals surface area (Å²) in [5.74, 6) is 0.142. The topological polar surface area (TPSA) is 92.0 Å². The van der Waals surface area contributed by atoms with E-state index in [9.17, 15) is 14.6 Å². The van der Waals surface area contributed by atoms with Crippen LogP contribution in [-0.4, -0.2) is 52.8 Å². The summed E-state index contributed by atoms with van der Waals surface area (Å²) in [6.07, 6.45) is 0.551. The standard InChI is InChI=1S/C23H24FNO5/c24-16-3-1-14(2-4-16)21-19-6-5-17(27)11-20(19)23(30-13-18(28)12-26)25-22(21)15-7-9-29-10-8-15/h1-6,11,15,18,26-28H,7-10,12-13H2/t18-/m0/s1. The zero-order valence-electron chi connectivity index (χ0n) is 16.4. The fraction of sp³-hybridized carbons (Fsp3) is 0.348. The Balaban J connectivity index is 1.93. The zero-order chi connectivity index (χ0) is 21.1. The number of pyridine rings is 1. The summed E-state index contributed by atoms with van der Waals surface area (Å²) in [7, 11) is 0. The number of aliphatic hydroxyl groups is 2.